The molecule has 2 fully saturated rings. The first-order chi connectivity index (χ1) is 20.9. The van der Waals surface area contributed by atoms with Crippen LogP contribution in [-0.2, 0) is 11.2 Å². The van der Waals surface area contributed by atoms with Crippen LogP contribution in [0.2, 0.25) is 0 Å². The molecule has 0 amide bonds. The summed E-state index contributed by atoms with van der Waals surface area (Å²) in [5.74, 6) is -1.71. The van der Waals surface area contributed by atoms with Gasteiger partial charge in [0.1, 0.15) is 11.9 Å². The van der Waals surface area contributed by atoms with Crippen molar-refractivity contribution in [3.05, 3.63) is 29.3 Å². The van der Waals surface area contributed by atoms with Gasteiger partial charge in [-0.05, 0) is 136 Å². The fourth-order valence-electron chi connectivity index (χ4n) is 7.00. The molecule has 4 rings (SSSR count). The van der Waals surface area contributed by atoms with Gasteiger partial charge in [-0.25, -0.2) is 4.79 Å². The lowest BCUT2D eigenvalue weighted by Crippen LogP contribution is -2.43. The Morgan fingerprint density at radius 1 is 1.13 bits per heavy atom. The molecule has 0 bridgehead atoms. The van der Waals surface area contributed by atoms with Gasteiger partial charge in [0.05, 0.1) is 6.10 Å². The van der Waals surface area contributed by atoms with Crippen molar-refractivity contribution in [2.24, 2.45) is 17.3 Å². The van der Waals surface area contributed by atoms with Crippen LogP contribution in [-0.4, -0.2) is 53.1 Å². The molecule has 258 valence electrons. The minimum Gasteiger partial charge on any atom is -0.431 e. The van der Waals surface area contributed by atoms with Gasteiger partial charge < -0.3 is 14.6 Å². The fraction of sp³-hybridized carbons (Fsp3) is 0.794. The summed E-state index contributed by atoms with van der Waals surface area (Å²) in [6, 6.07) is 6.10. The van der Waals surface area contributed by atoms with Gasteiger partial charge in [-0.1, -0.05) is 40.7 Å². The summed E-state index contributed by atoms with van der Waals surface area (Å²) in [6.45, 7) is 14.4. The number of halogens is 5. The first-order valence-corrected chi connectivity index (χ1v) is 19.7. The SMILES string of the molecule is CCC(C)(C)P(C)SCCCC(F)(F)C(F)(F)F.CCC(C)OC(=O)Oc1ccc2c(c1)CCC1C2CCC2(C)C(O)CCC12. The Hall–Kier alpha value is -1.12. The molecule has 0 aliphatic heterocycles. The first kappa shape index (κ1) is 38.3. The number of benzene rings is 1. The summed E-state index contributed by atoms with van der Waals surface area (Å²) in [5.41, 5.74) is 2.85. The monoisotopic (exact) mass is 682 g/mol. The molecular formula is C34H52F5O4PS. The van der Waals surface area contributed by atoms with Crippen molar-refractivity contribution >= 4 is 24.7 Å². The molecule has 45 heavy (non-hydrogen) atoms. The molecule has 3 aliphatic rings. The summed E-state index contributed by atoms with van der Waals surface area (Å²) in [5, 5.41) is 10.6. The number of rotatable bonds is 10. The molecule has 11 heteroatoms. The molecule has 4 nitrogen and oxygen atoms in total. The largest absolute Gasteiger partial charge is 0.514 e. The maximum Gasteiger partial charge on any atom is 0.514 e. The Kier molecular flexibility index (Phi) is 13.1. The molecule has 0 aromatic heterocycles. The lowest BCUT2D eigenvalue weighted by Gasteiger charge is -2.50. The van der Waals surface area contributed by atoms with Crippen LogP contribution >= 0.6 is 18.5 Å². The molecule has 1 N–H and O–H groups in total. The topological polar surface area (TPSA) is 55.8 Å². The second kappa shape index (κ2) is 15.4. The van der Waals surface area contributed by atoms with Crippen LogP contribution in [0.25, 0.3) is 0 Å². The van der Waals surface area contributed by atoms with E-state index in [9.17, 15) is 31.9 Å². The lowest BCUT2D eigenvalue weighted by atomic mass is 9.55. The van der Waals surface area contributed by atoms with E-state index in [-0.39, 0.29) is 29.2 Å². The Morgan fingerprint density at radius 3 is 2.44 bits per heavy atom. The number of aryl methyl sites for hydroxylation is 1. The quantitative estimate of drug-likeness (QED) is 0.0875. The van der Waals surface area contributed by atoms with Crippen LogP contribution in [0.4, 0.5) is 26.7 Å². The number of alkyl halides is 5. The van der Waals surface area contributed by atoms with Gasteiger partial charge in [0.15, 0.2) is 0 Å². The van der Waals surface area contributed by atoms with E-state index in [1.807, 2.05) is 32.6 Å². The number of fused-ring (bicyclic) bond motifs is 5. The van der Waals surface area contributed by atoms with Crippen molar-refractivity contribution in [1.82, 2.24) is 0 Å². The number of ether oxygens (including phenoxy) is 2. The predicted octanol–water partition coefficient (Wildman–Crippen LogP) is 11.1. The van der Waals surface area contributed by atoms with Gasteiger partial charge in [-0.3, -0.25) is 0 Å². The van der Waals surface area contributed by atoms with E-state index in [0.29, 0.717) is 29.3 Å². The van der Waals surface area contributed by atoms with Gasteiger partial charge in [-0.15, -0.1) is 11.4 Å². The summed E-state index contributed by atoms with van der Waals surface area (Å²) in [7, 11) is -0.409. The van der Waals surface area contributed by atoms with Crippen LogP contribution in [0.3, 0.4) is 0 Å². The average molecular weight is 683 g/mol. The zero-order chi connectivity index (χ0) is 33.8. The number of aliphatic hydroxyl groups excluding tert-OH is 1. The minimum absolute atomic E-state index is 0.107. The summed E-state index contributed by atoms with van der Waals surface area (Å²) in [6.07, 6.45) is 0.814. The number of aliphatic hydroxyl groups is 1. The molecule has 0 radical (unpaired) electrons. The molecule has 0 spiro atoms. The lowest BCUT2D eigenvalue weighted by molar-refractivity contribution is -0.284. The number of carbonyl (C=O) groups excluding carboxylic acids is 1. The summed E-state index contributed by atoms with van der Waals surface area (Å²) >= 11 is 1.52. The smallest absolute Gasteiger partial charge is 0.431 e. The fourth-order valence-corrected chi connectivity index (χ4v) is 11.0. The Balaban J connectivity index is 0.000000270. The van der Waals surface area contributed by atoms with Crippen LogP contribution in [0.1, 0.15) is 116 Å². The van der Waals surface area contributed by atoms with E-state index in [0.717, 1.165) is 44.9 Å². The average Bonchev–Trinajstić information content (AvgIpc) is 3.28. The second-order valence-corrected chi connectivity index (χ2v) is 19.2. The normalized spacial score (nSPS) is 27.7. The van der Waals surface area contributed by atoms with E-state index in [4.69, 9.17) is 9.47 Å². The molecule has 1 aromatic carbocycles. The molecule has 0 heterocycles. The minimum atomic E-state index is -5.42. The van der Waals surface area contributed by atoms with Gasteiger partial charge in [0, 0.05) is 6.42 Å². The Bertz CT molecular complexity index is 1130. The molecular weight excluding hydrogens is 630 g/mol. The third-order valence-electron chi connectivity index (χ3n) is 10.8. The van der Waals surface area contributed by atoms with Crippen molar-refractivity contribution < 1.29 is 41.3 Å². The van der Waals surface area contributed by atoms with Crippen LogP contribution in [0.5, 0.6) is 5.75 Å². The van der Waals surface area contributed by atoms with Crippen molar-refractivity contribution in [2.75, 3.05) is 12.4 Å². The molecule has 7 atom stereocenters. The molecule has 2 saturated carbocycles. The van der Waals surface area contributed by atoms with Crippen LogP contribution in [0, 0.1) is 17.3 Å². The van der Waals surface area contributed by atoms with Crippen LogP contribution < -0.4 is 4.74 Å². The Labute approximate surface area is 271 Å². The van der Waals surface area contributed by atoms with E-state index in [2.05, 4.69) is 33.8 Å². The zero-order valence-electron chi connectivity index (χ0n) is 27.8. The highest BCUT2D eigenvalue weighted by Crippen LogP contribution is 2.61. The van der Waals surface area contributed by atoms with E-state index in [1.54, 1.807) is 0 Å². The highest BCUT2D eigenvalue weighted by molar-refractivity contribution is 8.55. The predicted molar refractivity (Wildman–Crippen MR) is 174 cm³/mol. The number of hydrogen-bond acceptors (Lipinski definition) is 5. The number of hydrogen-bond donors (Lipinski definition) is 1. The maximum atomic E-state index is 12.6. The number of carbonyl (C=O) groups is 1. The summed E-state index contributed by atoms with van der Waals surface area (Å²) < 4.78 is 71.6. The van der Waals surface area contributed by atoms with Crippen molar-refractivity contribution in [2.45, 2.75) is 141 Å². The second-order valence-electron chi connectivity index (χ2n) is 13.9. The molecule has 3 aliphatic carbocycles. The van der Waals surface area contributed by atoms with Gasteiger partial charge in [0.2, 0.25) is 0 Å². The van der Waals surface area contributed by atoms with E-state index < -0.39 is 31.8 Å². The van der Waals surface area contributed by atoms with Crippen molar-refractivity contribution in [3.63, 3.8) is 0 Å². The van der Waals surface area contributed by atoms with Crippen molar-refractivity contribution in [1.29, 1.82) is 0 Å². The molecule has 1 aromatic rings. The van der Waals surface area contributed by atoms with E-state index in [1.165, 1.54) is 28.9 Å². The van der Waals surface area contributed by atoms with E-state index >= 15 is 0 Å². The summed E-state index contributed by atoms with van der Waals surface area (Å²) in [4.78, 5) is 11.9. The van der Waals surface area contributed by atoms with Gasteiger partial charge in [-0.2, -0.15) is 22.0 Å². The Morgan fingerprint density at radius 2 is 1.82 bits per heavy atom. The zero-order valence-corrected chi connectivity index (χ0v) is 29.5. The third kappa shape index (κ3) is 9.28. The van der Waals surface area contributed by atoms with Crippen molar-refractivity contribution in [3.8, 4) is 5.75 Å². The molecule has 7 unspecified atom stereocenters. The highest BCUT2D eigenvalue weighted by atomic mass is 32.7. The van der Waals surface area contributed by atoms with Gasteiger partial charge in [0.25, 0.3) is 0 Å². The third-order valence-corrected chi connectivity index (χ3v) is 16.8. The molecule has 0 saturated heterocycles. The highest BCUT2D eigenvalue weighted by Gasteiger charge is 2.56. The first-order valence-electron chi connectivity index (χ1n) is 16.4. The van der Waals surface area contributed by atoms with Gasteiger partial charge >= 0.3 is 18.3 Å². The maximum absolute atomic E-state index is 12.6. The van der Waals surface area contributed by atoms with Crippen LogP contribution in [0.15, 0.2) is 18.2 Å². The standard InChI is InChI=1S/C23H32O4.C11H20F5PS/c1-4-14(2)26-22(25)27-16-6-8-17-15(13-16)5-7-19-18(17)11-12-23(3)20(19)9-10-21(23)24;1-5-9(2,3)17(4)18-8-6-7-10(12,13)11(14,15)16/h6,8,13-14,18-21,24H,4-5,7,9-12H2,1-3H3;5-8H2,1-4H3.